The van der Waals surface area contributed by atoms with Crippen LogP contribution in [0.1, 0.15) is 54.1 Å². The highest BCUT2D eigenvalue weighted by atomic mass is 19.1. The minimum Gasteiger partial charge on any atom is -0.462 e. The van der Waals surface area contributed by atoms with E-state index >= 15 is 0 Å². The highest BCUT2D eigenvalue weighted by Crippen LogP contribution is 2.35. The van der Waals surface area contributed by atoms with E-state index in [0.717, 1.165) is 49.4 Å². The van der Waals surface area contributed by atoms with E-state index in [1.165, 1.54) is 27.3 Å². The van der Waals surface area contributed by atoms with Gasteiger partial charge in [-0.1, -0.05) is 30.9 Å². The number of amides is 1. The number of carbonyl (C=O) groups excluding carboxylic acids is 1. The number of anilines is 1. The van der Waals surface area contributed by atoms with Gasteiger partial charge in [-0.2, -0.15) is 15.2 Å². The predicted molar refractivity (Wildman–Crippen MR) is 165 cm³/mol. The molecule has 3 aliphatic heterocycles. The quantitative estimate of drug-likeness (QED) is 0.420. The molecule has 0 aliphatic carbocycles. The van der Waals surface area contributed by atoms with Gasteiger partial charge in [-0.05, 0) is 64.8 Å². The zero-order valence-electron chi connectivity index (χ0n) is 25.8. The number of fused-ring (bicyclic) bond motifs is 1. The maximum atomic E-state index is 13.8. The van der Waals surface area contributed by atoms with Crippen molar-refractivity contribution in [2.75, 3.05) is 51.3 Å². The number of hydrogen-bond donors (Lipinski definition) is 0. The zero-order chi connectivity index (χ0) is 30.7. The average molecular weight is 588 g/mol. The van der Waals surface area contributed by atoms with Gasteiger partial charge in [-0.3, -0.25) is 4.79 Å². The van der Waals surface area contributed by atoms with Crippen molar-refractivity contribution in [3.8, 4) is 12.1 Å². The molecule has 1 aromatic carbocycles. The topological polar surface area (TPSA) is 88.8 Å². The summed E-state index contributed by atoms with van der Waals surface area (Å²) in [5, 5.41) is 9.50. The van der Waals surface area contributed by atoms with Crippen LogP contribution in [0.25, 0.3) is 5.70 Å². The summed E-state index contributed by atoms with van der Waals surface area (Å²) in [4.78, 5) is 30.6. The van der Waals surface area contributed by atoms with Crippen molar-refractivity contribution < 1.29 is 13.9 Å². The lowest BCUT2D eigenvalue weighted by molar-refractivity contribution is -0.131. The molecule has 43 heavy (non-hydrogen) atoms. The Morgan fingerprint density at radius 3 is 2.60 bits per heavy atom. The van der Waals surface area contributed by atoms with Gasteiger partial charge in [0.2, 0.25) is 0 Å². The highest BCUT2D eigenvalue weighted by molar-refractivity contribution is 5.91. The smallest absolute Gasteiger partial charge is 0.318 e. The molecule has 0 spiro atoms. The van der Waals surface area contributed by atoms with Gasteiger partial charge in [-0.25, -0.2) is 4.39 Å². The summed E-state index contributed by atoms with van der Waals surface area (Å²) >= 11 is 0. The van der Waals surface area contributed by atoms with E-state index in [4.69, 9.17) is 14.7 Å². The van der Waals surface area contributed by atoms with Crippen molar-refractivity contribution in [2.24, 2.45) is 0 Å². The van der Waals surface area contributed by atoms with E-state index in [2.05, 4.69) is 79.4 Å². The first-order valence-electron chi connectivity index (χ1n) is 15.2. The number of aromatic nitrogens is 2. The number of benzene rings is 1. The summed E-state index contributed by atoms with van der Waals surface area (Å²) in [5.41, 5.74) is 6.88. The fourth-order valence-electron chi connectivity index (χ4n) is 6.74. The zero-order valence-corrected chi connectivity index (χ0v) is 25.8. The SMILES string of the molecule is C=C(F)C(=O)N1CCN(c2nc(OC[C@@H]3CCCN3C)nc3c2CCN(/C(=C/C)c2c(C)cccc2C)C3)C[C@@H]1CC#N. The van der Waals surface area contributed by atoms with E-state index in [9.17, 15) is 14.4 Å². The van der Waals surface area contributed by atoms with Gasteiger partial charge in [0.05, 0.1) is 30.8 Å². The summed E-state index contributed by atoms with van der Waals surface area (Å²) in [6.07, 6.45) is 5.23. The van der Waals surface area contributed by atoms with Gasteiger partial charge in [-0.15, -0.1) is 0 Å². The Kier molecular flexibility index (Phi) is 9.31. The summed E-state index contributed by atoms with van der Waals surface area (Å²) < 4.78 is 20.1. The first-order chi connectivity index (χ1) is 20.7. The lowest BCUT2D eigenvalue weighted by Crippen LogP contribution is -2.55. The van der Waals surface area contributed by atoms with E-state index in [1.807, 2.05) is 0 Å². The first-order valence-corrected chi connectivity index (χ1v) is 15.2. The number of nitrogens with zero attached hydrogens (tertiary/aromatic N) is 7. The molecule has 3 aliphatic rings. The summed E-state index contributed by atoms with van der Waals surface area (Å²) in [6.45, 7) is 13.6. The molecule has 228 valence electrons. The van der Waals surface area contributed by atoms with Crippen LogP contribution in [-0.4, -0.2) is 89.0 Å². The number of carbonyl (C=O) groups is 1. The second-order valence-corrected chi connectivity index (χ2v) is 11.8. The Hall–Kier alpha value is -3.97. The Labute approximate surface area is 254 Å². The number of piperazine rings is 1. The molecule has 4 heterocycles. The molecule has 2 fully saturated rings. The number of halogens is 1. The monoisotopic (exact) mass is 587 g/mol. The molecule has 0 bridgehead atoms. The number of likely N-dealkylation sites (N-methyl/N-ethyl adjacent to an activating group) is 1. The molecule has 0 unspecified atom stereocenters. The van der Waals surface area contributed by atoms with E-state index in [0.29, 0.717) is 38.3 Å². The third-order valence-electron chi connectivity index (χ3n) is 9.05. The van der Waals surface area contributed by atoms with Gasteiger partial charge in [0.1, 0.15) is 12.4 Å². The van der Waals surface area contributed by atoms with E-state index < -0.39 is 17.8 Å². The van der Waals surface area contributed by atoms with Crippen molar-refractivity contribution in [3.05, 3.63) is 64.6 Å². The number of ether oxygens (including phenoxy) is 1. The van der Waals surface area contributed by atoms with Gasteiger partial charge in [0, 0.05) is 49.0 Å². The minimum atomic E-state index is -1.01. The molecule has 2 atom stereocenters. The lowest BCUT2D eigenvalue weighted by atomic mass is 9.96. The van der Waals surface area contributed by atoms with Crippen LogP contribution < -0.4 is 9.64 Å². The van der Waals surface area contributed by atoms with Gasteiger partial charge >= 0.3 is 6.01 Å². The standard InChI is InChI=1S/C33H42FN7O2/c1-6-29(30-22(2)9-7-10-23(30)3)39-16-13-27-28(20-39)36-33(43-21-26-11-8-15-38(26)5)37-31(27)40-17-18-41(32(42)24(4)34)25(19-40)12-14-35/h6-7,9-10,25-26H,4,8,11-13,15-21H2,1-3,5H3/b29-6+/t25-,26-/m0/s1. The molecule has 1 aromatic heterocycles. The van der Waals surface area contributed by atoms with Crippen LogP contribution in [-0.2, 0) is 17.8 Å². The van der Waals surface area contributed by atoms with Crippen LogP contribution in [0.3, 0.4) is 0 Å². The number of aryl methyl sites for hydroxylation is 2. The molecule has 0 radical (unpaired) electrons. The Balaban J connectivity index is 1.47. The number of nitriles is 1. The van der Waals surface area contributed by atoms with Crippen LogP contribution in [0.2, 0.25) is 0 Å². The molecular weight excluding hydrogens is 545 g/mol. The number of rotatable bonds is 8. The molecule has 0 N–H and O–H groups in total. The van der Waals surface area contributed by atoms with Crippen molar-refractivity contribution in [1.82, 2.24) is 24.7 Å². The number of hydrogen-bond acceptors (Lipinski definition) is 8. The second-order valence-electron chi connectivity index (χ2n) is 11.8. The molecule has 0 saturated carbocycles. The largest absolute Gasteiger partial charge is 0.462 e. The van der Waals surface area contributed by atoms with Crippen molar-refractivity contribution >= 4 is 17.4 Å². The molecule has 2 aromatic rings. The van der Waals surface area contributed by atoms with Crippen molar-refractivity contribution in [1.29, 1.82) is 5.26 Å². The second kappa shape index (κ2) is 13.1. The third-order valence-corrected chi connectivity index (χ3v) is 9.05. The highest BCUT2D eigenvalue weighted by Gasteiger charge is 2.35. The van der Waals surface area contributed by atoms with Gasteiger partial charge < -0.3 is 24.3 Å². The molecule has 5 rings (SSSR count). The van der Waals surface area contributed by atoms with Crippen LogP contribution in [0, 0.1) is 25.2 Å². The third kappa shape index (κ3) is 6.37. The average Bonchev–Trinajstić information content (AvgIpc) is 3.41. The Morgan fingerprint density at radius 2 is 1.95 bits per heavy atom. The first kappa shape index (κ1) is 30.5. The molecular formula is C33H42FN7O2. The van der Waals surface area contributed by atoms with Crippen molar-refractivity contribution in [2.45, 2.75) is 65.1 Å². The molecule has 9 nitrogen and oxygen atoms in total. The van der Waals surface area contributed by atoms with Gasteiger partial charge in [0.25, 0.3) is 5.91 Å². The number of allylic oxidation sites excluding steroid dienone is 1. The fraction of sp³-hybridized carbons (Fsp3) is 0.515. The van der Waals surface area contributed by atoms with Crippen molar-refractivity contribution in [3.63, 3.8) is 0 Å². The number of likely N-dealkylation sites (tertiary alicyclic amines) is 1. The molecule has 10 heteroatoms. The normalized spacial score (nSPS) is 21.0. The van der Waals surface area contributed by atoms with Crippen LogP contribution in [0.5, 0.6) is 6.01 Å². The summed E-state index contributed by atoms with van der Waals surface area (Å²) in [5.74, 6) is -0.981. The van der Waals surface area contributed by atoms with Crippen LogP contribution >= 0.6 is 0 Å². The van der Waals surface area contributed by atoms with Crippen LogP contribution in [0.15, 0.2) is 36.7 Å². The fourth-order valence-corrected chi connectivity index (χ4v) is 6.74. The lowest BCUT2D eigenvalue weighted by Gasteiger charge is -2.42. The Bertz CT molecular complexity index is 1430. The minimum absolute atomic E-state index is 0.0916. The van der Waals surface area contributed by atoms with E-state index in [1.54, 1.807) is 0 Å². The molecule has 1 amide bonds. The predicted octanol–water partition coefficient (Wildman–Crippen LogP) is 4.40. The van der Waals surface area contributed by atoms with Crippen LogP contribution in [0.4, 0.5) is 10.2 Å². The molecule has 2 saturated heterocycles. The summed E-state index contributed by atoms with van der Waals surface area (Å²) in [6, 6.07) is 8.75. The van der Waals surface area contributed by atoms with Gasteiger partial charge in [0.15, 0.2) is 5.83 Å². The maximum absolute atomic E-state index is 13.8. The Morgan fingerprint density at radius 1 is 1.19 bits per heavy atom. The van der Waals surface area contributed by atoms with E-state index in [-0.39, 0.29) is 13.0 Å². The summed E-state index contributed by atoms with van der Waals surface area (Å²) in [7, 11) is 2.12. The maximum Gasteiger partial charge on any atom is 0.318 e.